The average molecular weight is 538 g/mol. The summed E-state index contributed by atoms with van der Waals surface area (Å²) in [6.45, 7) is 3.46. The second kappa shape index (κ2) is 13.1. The first-order valence-corrected chi connectivity index (χ1v) is 14.0. The van der Waals surface area contributed by atoms with Gasteiger partial charge in [-0.1, -0.05) is 56.3 Å². The number of nitrogens with one attached hydrogen (secondary N) is 1. The number of likely N-dealkylation sites (N-methyl/N-ethyl adjacent to an activating group) is 1. The molecule has 202 valence electrons. The first kappa shape index (κ1) is 28.7. The van der Waals surface area contributed by atoms with E-state index in [2.05, 4.69) is 5.32 Å². The molecular weight excluding hydrogens is 502 g/mol. The molecule has 0 fully saturated rings. The van der Waals surface area contributed by atoms with Crippen molar-refractivity contribution in [3.05, 3.63) is 90.0 Å². The van der Waals surface area contributed by atoms with Gasteiger partial charge in [-0.15, -0.1) is 0 Å². The molecule has 9 heteroatoms. The fraction of sp³-hybridized carbons (Fsp3) is 0.310. The van der Waals surface area contributed by atoms with Crippen LogP contribution >= 0.6 is 0 Å². The lowest BCUT2D eigenvalue weighted by atomic mass is 10.1. The van der Waals surface area contributed by atoms with Crippen LogP contribution in [0.5, 0.6) is 5.75 Å². The lowest BCUT2D eigenvalue weighted by molar-refractivity contribution is -0.140. The van der Waals surface area contributed by atoms with Crippen molar-refractivity contribution in [2.45, 2.75) is 44.2 Å². The lowest BCUT2D eigenvalue weighted by Crippen LogP contribution is -2.51. The van der Waals surface area contributed by atoms with E-state index < -0.39 is 28.5 Å². The number of nitrogens with zero attached hydrogens (tertiary/aromatic N) is 2. The Balaban J connectivity index is 2.05. The van der Waals surface area contributed by atoms with Gasteiger partial charge in [0.2, 0.25) is 11.8 Å². The molecule has 0 aliphatic heterocycles. The number of amides is 2. The Morgan fingerprint density at radius 2 is 1.61 bits per heavy atom. The highest BCUT2D eigenvalue weighted by Crippen LogP contribution is 2.25. The molecule has 3 rings (SSSR count). The molecule has 3 aromatic carbocycles. The Morgan fingerprint density at radius 1 is 0.921 bits per heavy atom. The van der Waals surface area contributed by atoms with Crippen LogP contribution in [-0.2, 0) is 32.6 Å². The number of hydrogen-bond donors (Lipinski definition) is 1. The molecule has 0 heterocycles. The summed E-state index contributed by atoms with van der Waals surface area (Å²) in [7, 11) is -1.01. The van der Waals surface area contributed by atoms with E-state index in [0.29, 0.717) is 17.9 Å². The SMILES string of the molecule is CCc1ccc(N(CC(=O)N(Cc2cccc(OC)c2)C(CC)C(=O)NC)S(=O)(=O)c2ccccc2)cc1. The van der Waals surface area contributed by atoms with Gasteiger partial charge < -0.3 is 15.0 Å². The quantitative estimate of drug-likeness (QED) is 0.377. The summed E-state index contributed by atoms with van der Waals surface area (Å²) in [6.07, 6.45) is 1.15. The molecule has 0 bridgehead atoms. The van der Waals surface area contributed by atoms with E-state index in [4.69, 9.17) is 4.74 Å². The Labute approximate surface area is 225 Å². The fourth-order valence-corrected chi connectivity index (χ4v) is 5.64. The van der Waals surface area contributed by atoms with Gasteiger partial charge in [0.05, 0.1) is 17.7 Å². The standard InChI is InChI=1S/C29H35N3O5S/c1-5-22-15-17-24(18-16-22)32(38(35,36)26-13-8-7-9-14-26)21-28(33)31(27(6-2)29(34)30-3)20-23-11-10-12-25(19-23)37-4/h7-19,27H,5-6,20-21H2,1-4H3,(H,30,34). The Bertz CT molecular complexity index is 1330. The highest BCUT2D eigenvalue weighted by atomic mass is 32.2. The first-order valence-electron chi connectivity index (χ1n) is 12.6. The van der Waals surface area contributed by atoms with Crippen LogP contribution in [0.3, 0.4) is 0 Å². The lowest BCUT2D eigenvalue weighted by Gasteiger charge is -2.33. The van der Waals surface area contributed by atoms with Gasteiger partial charge in [-0.05, 0) is 60.4 Å². The number of ether oxygens (including phenoxy) is 1. The molecule has 0 saturated carbocycles. The monoisotopic (exact) mass is 537 g/mol. The number of carbonyl (C=O) groups is 2. The van der Waals surface area contributed by atoms with Crippen molar-refractivity contribution in [3.8, 4) is 5.75 Å². The van der Waals surface area contributed by atoms with Crippen molar-refractivity contribution >= 4 is 27.5 Å². The van der Waals surface area contributed by atoms with E-state index >= 15 is 0 Å². The number of carbonyl (C=O) groups excluding carboxylic acids is 2. The van der Waals surface area contributed by atoms with E-state index in [-0.39, 0.29) is 17.3 Å². The molecule has 0 saturated heterocycles. The number of rotatable bonds is 12. The summed E-state index contributed by atoms with van der Waals surface area (Å²) in [4.78, 5) is 28.2. The molecule has 0 aliphatic carbocycles. The van der Waals surface area contributed by atoms with Gasteiger partial charge in [-0.25, -0.2) is 8.42 Å². The number of benzene rings is 3. The minimum atomic E-state index is -4.08. The van der Waals surface area contributed by atoms with Gasteiger partial charge in [0, 0.05) is 13.6 Å². The van der Waals surface area contributed by atoms with Crippen LogP contribution in [0.4, 0.5) is 5.69 Å². The highest BCUT2D eigenvalue weighted by Gasteiger charge is 2.33. The maximum absolute atomic E-state index is 13.9. The summed E-state index contributed by atoms with van der Waals surface area (Å²) in [5.74, 6) is -0.206. The molecule has 2 amide bonds. The predicted molar refractivity (Wildman–Crippen MR) is 148 cm³/mol. The topological polar surface area (TPSA) is 96.0 Å². The normalized spacial score (nSPS) is 11.9. The van der Waals surface area contributed by atoms with E-state index in [0.717, 1.165) is 21.9 Å². The third-order valence-corrected chi connectivity index (χ3v) is 8.15. The summed E-state index contributed by atoms with van der Waals surface area (Å²) < 4.78 is 34.0. The largest absolute Gasteiger partial charge is 0.497 e. The molecular formula is C29H35N3O5S. The van der Waals surface area contributed by atoms with E-state index in [1.807, 2.05) is 32.0 Å². The van der Waals surface area contributed by atoms with Crippen molar-refractivity contribution in [2.75, 3.05) is 25.0 Å². The maximum Gasteiger partial charge on any atom is 0.264 e. The molecule has 1 N–H and O–H groups in total. The van der Waals surface area contributed by atoms with Gasteiger partial charge in [-0.2, -0.15) is 0 Å². The molecule has 0 radical (unpaired) electrons. The number of methoxy groups -OCH3 is 1. The van der Waals surface area contributed by atoms with Crippen LogP contribution in [0.2, 0.25) is 0 Å². The molecule has 1 unspecified atom stereocenters. The number of anilines is 1. The van der Waals surface area contributed by atoms with Crippen molar-refractivity contribution in [3.63, 3.8) is 0 Å². The van der Waals surface area contributed by atoms with E-state index in [1.165, 1.54) is 24.1 Å². The van der Waals surface area contributed by atoms with Crippen LogP contribution in [0, 0.1) is 0 Å². The highest BCUT2D eigenvalue weighted by molar-refractivity contribution is 7.92. The van der Waals surface area contributed by atoms with Gasteiger partial charge in [-0.3, -0.25) is 13.9 Å². The number of hydrogen-bond acceptors (Lipinski definition) is 5. The Kier molecular flexibility index (Phi) is 9.90. The summed E-state index contributed by atoms with van der Waals surface area (Å²) >= 11 is 0. The number of aryl methyl sites for hydroxylation is 1. The van der Waals surface area contributed by atoms with Crippen LogP contribution in [0.25, 0.3) is 0 Å². The fourth-order valence-electron chi connectivity index (χ4n) is 4.20. The van der Waals surface area contributed by atoms with Crippen LogP contribution in [0.15, 0.2) is 83.8 Å². The second-order valence-corrected chi connectivity index (χ2v) is 10.6. The molecule has 3 aromatic rings. The summed E-state index contributed by atoms with van der Waals surface area (Å²) in [6, 6.07) is 21.5. The zero-order valence-corrected chi connectivity index (χ0v) is 23.1. The Hall–Kier alpha value is -3.85. The van der Waals surface area contributed by atoms with Gasteiger partial charge in [0.25, 0.3) is 10.0 Å². The predicted octanol–water partition coefficient (Wildman–Crippen LogP) is 4.01. The second-order valence-electron chi connectivity index (χ2n) is 8.76. The van der Waals surface area contributed by atoms with Crippen molar-refractivity contribution in [1.29, 1.82) is 0 Å². The van der Waals surface area contributed by atoms with Crippen LogP contribution in [0.1, 0.15) is 31.4 Å². The average Bonchev–Trinajstić information content (AvgIpc) is 2.96. The Morgan fingerprint density at radius 3 is 2.18 bits per heavy atom. The van der Waals surface area contributed by atoms with Gasteiger partial charge in [0.15, 0.2) is 0 Å². The summed E-state index contributed by atoms with van der Waals surface area (Å²) in [5, 5.41) is 2.62. The third-order valence-electron chi connectivity index (χ3n) is 6.36. The molecule has 38 heavy (non-hydrogen) atoms. The molecule has 0 aromatic heterocycles. The van der Waals surface area contributed by atoms with Gasteiger partial charge >= 0.3 is 0 Å². The smallest absolute Gasteiger partial charge is 0.264 e. The van der Waals surface area contributed by atoms with Crippen molar-refractivity contribution < 1.29 is 22.7 Å². The van der Waals surface area contributed by atoms with E-state index in [9.17, 15) is 18.0 Å². The third kappa shape index (κ3) is 6.72. The molecule has 0 aliphatic rings. The van der Waals surface area contributed by atoms with Crippen LogP contribution in [-0.4, -0.2) is 51.9 Å². The zero-order chi connectivity index (χ0) is 27.7. The molecule has 0 spiro atoms. The maximum atomic E-state index is 13.9. The van der Waals surface area contributed by atoms with Crippen molar-refractivity contribution in [1.82, 2.24) is 10.2 Å². The molecule has 8 nitrogen and oxygen atoms in total. The van der Waals surface area contributed by atoms with Crippen molar-refractivity contribution in [2.24, 2.45) is 0 Å². The van der Waals surface area contributed by atoms with Gasteiger partial charge in [0.1, 0.15) is 18.3 Å². The van der Waals surface area contributed by atoms with E-state index in [1.54, 1.807) is 55.6 Å². The number of sulfonamides is 1. The van der Waals surface area contributed by atoms with Crippen LogP contribution < -0.4 is 14.4 Å². The summed E-state index contributed by atoms with van der Waals surface area (Å²) in [5.41, 5.74) is 2.17. The first-order chi connectivity index (χ1) is 18.2. The minimum absolute atomic E-state index is 0.0741. The molecule has 1 atom stereocenters. The zero-order valence-electron chi connectivity index (χ0n) is 22.3. The minimum Gasteiger partial charge on any atom is -0.497 e.